The minimum atomic E-state index is 0.0137. The zero-order valence-corrected chi connectivity index (χ0v) is 19.0. The number of carbonyl (C=O) groups is 1. The van der Waals surface area contributed by atoms with E-state index < -0.39 is 0 Å². The molecule has 0 unspecified atom stereocenters. The third kappa shape index (κ3) is 5.07. The monoisotopic (exact) mass is 430 g/mol. The molecule has 4 rings (SSSR count). The number of anilines is 1. The van der Waals surface area contributed by atoms with Crippen LogP contribution in [0.4, 0.5) is 5.82 Å². The number of carbonyl (C=O) groups excluding carboxylic acids is 1. The van der Waals surface area contributed by atoms with Crippen LogP contribution in [0.5, 0.6) is 5.75 Å². The molecule has 1 amide bonds. The number of hydrogen-bond donors (Lipinski definition) is 0. The summed E-state index contributed by atoms with van der Waals surface area (Å²) in [6.45, 7) is 9.08. The second kappa shape index (κ2) is 9.81. The number of ether oxygens (including phenoxy) is 1. The third-order valence-electron chi connectivity index (χ3n) is 6.11. The fraction of sp³-hybridized carbons (Fsp3) is 0.346. The lowest BCUT2D eigenvalue weighted by Gasteiger charge is -2.35. The van der Waals surface area contributed by atoms with Crippen LogP contribution in [0.1, 0.15) is 23.6 Å². The highest BCUT2D eigenvalue weighted by molar-refractivity contribution is 5.78. The van der Waals surface area contributed by atoms with Gasteiger partial charge in [-0.2, -0.15) is 0 Å². The number of rotatable bonds is 6. The van der Waals surface area contributed by atoms with E-state index in [4.69, 9.17) is 4.74 Å². The number of aryl methyl sites for hydroxylation is 3. The molecule has 1 aromatic heterocycles. The van der Waals surface area contributed by atoms with Crippen LogP contribution in [0.15, 0.2) is 54.6 Å². The summed E-state index contributed by atoms with van der Waals surface area (Å²) in [6.07, 6.45) is 1.02. The molecule has 166 valence electrons. The van der Waals surface area contributed by atoms with E-state index in [1.54, 1.807) is 0 Å². The SMILES string of the molecule is CCc1ccc(-c2ccc(N3CCN(C(=O)COc4ccc(C)c(C)c4)CC3)nn2)cc1. The molecule has 0 atom stereocenters. The van der Waals surface area contributed by atoms with Crippen molar-refractivity contribution in [1.82, 2.24) is 15.1 Å². The van der Waals surface area contributed by atoms with Gasteiger partial charge in [-0.15, -0.1) is 10.2 Å². The van der Waals surface area contributed by atoms with Crippen molar-refractivity contribution in [2.24, 2.45) is 0 Å². The molecular weight excluding hydrogens is 400 g/mol. The molecule has 6 heteroatoms. The van der Waals surface area contributed by atoms with Gasteiger partial charge in [-0.05, 0) is 61.2 Å². The number of benzene rings is 2. The Morgan fingerprint density at radius 3 is 2.28 bits per heavy atom. The highest BCUT2D eigenvalue weighted by atomic mass is 16.5. The van der Waals surface area contributed by atoms with E-state index in [1.165, 1.54) is 11.1 Å². The summed E-state index contributed by atoms with van der Waals surface area (Å²) in [5.74, 6) is 1.59. The van der Waals surface area contributed by atoms with Crippen molar-refractivity contribution in [3.63, 3.8) is 0 Å². The molecule has 0 spiro atoms. The smallest absolute Gasteiger partial charge is 0.260 e. The Balaban J connectivity index is 1.29. The highest BCUT2D eigenvalue weighted by Crippen LogP contribution is 2.21. The summed E-state index contributed by atoms with van der Waals surface area (Å²) < 4.78 is 5.71. The molecule has 3 aromatic rings. The zero-order chi connectivity index (χ0) is 22.5. The number of nitrogens with zero attached hydrogens (tertiary/aromatic N) is 4. The van der Waals surface area contributed by atoms with E-state index in [0.29, 0.717) is 13.1 Å². The van der Waals surface area contributed by atoms with Gasteiger partial charge in [0.05, 0.1) is 5.69 Å². The van der Waals surface area contributed by atoms with Gasteiger partial charge in [-0.1, -0.05) is 37.3 Å². The molecule has 0 bridgehead atoms. The summed E-state index contributed by atoms with van der Waals surface area (Å²) in [5.41, 5.74) is 5.62. The first kappa shape index (κ1) is 21.8. The molecule has 0 aliphatic carbocycles. The molecule has 2 heterocycles. The summed E-state index contributed by atoms with van der Waals surface area (Å²) in [4.78, 5) is 16.6. The Labute approximate surface area is 189 Å². The Bertz CT molecular complexity index is 1060. The van der Waals surface area contributed by atoms with Crippen LogP contribution >= 0.6 is 0 Å². The predicted molar refractivity (Wildman–Crippen MR) is 127 cm³/mol. The molecule has 0 N–H and O–H groups in total. The average molecular weight is 431 g/mol. The van der Waals surface area contributed by atoms with Gasteiger partial charge in [0.2, 0.25) is 0 Å². The second-order valence-electron chi connectivity index (χ2n) is 8.23. The van der Waals surface area contributed by atoms with Crippen LogP contribution in [0.25, 0.3) is 11.3 Å². The lowest BCUT2D eigenvalue weighted by molar-refractivity contribution is -0.133. The Morgan fingerprint density at radius 1 is 0.906 bits per heavy atom. The molecule has 0 saturated carbocycles. The molecule has 1 saturated heterocycles. The Hall–Kier alpha value is -3.41. The van der Waals surface area contributed by atoms with Crippen molar-refractivity contribution >= 4 is 11.7 Å². The summed E-state index contributed by atoms with van der Waals surface area (Å²) in [7, 11) is 0. The Kier molecular flexibility index (Phi) is 6.69. The minimum absolute atomic E-state index is 0.0137. The fourth-order valence-electron chi connectivity index (χ4n) is 3.78. The number of aromatic nitrogens is 2. The summed E-state index contributed by atoms with van der Waals surface area (Å²) in [5, 5.41) is 8.85. The largest absolute Gasteiger partial charge is 0.484 e. The van der Waals surface area contributed by atoms with Crippen molar-refractivity contribution in [3.05, 3.63) is 71.3 Å². The van der Waals surface area contributed by atoms with Gasteiger partial charge < -0.3 is 14.5 Å². The van der Waals surface area contributed by atoms with Crippen molar-refractivity contribution in [2.45, 2.75) is 27.2 Å². The molecule has 1 aliphatic heterocycles. The van der Waals surface area contributed by atoms with Crippen LogP contribution < -0.4 is 9.64 Å². The quantitative estimate of drug-likeness (QED) is 0.591. The van der Waals surface area contributed by atoms with Gasteiger partial charge in [0.25, 0.3) is 5.91 Å². The molecule has 6 nitrogen and oxygen atoms in total. The average Bonchev–Trinajstić information content (AvgIpc) is 2.85. The minimum Gasteiger partial charge on any atom is -0.484 e. The van der Waals surface area contributed by atoms with Crippen LogP contribution in [0, 0.1) is 13.8 Å². The topological polar surface area (TPSA) is 58.6 Å². The molecule has 1 aliphatic rings. The first-order valence-corrected chi connectivity index (χ1v) is 11.2. The lowest BCUT2D eigenvalue weighted by atomic mass is 10.1. The maximum absolute atomic E-state index is 12.6. The lowest BCUT2D eigenvalue weighted by Crippen LogP contribution is -2.50. The van der Waals surface area contributed by atoms with Crippen molar-refractivity contribution in [2.75, 3.05) is 37.7 Å². The predicted octanol–water partition coefficient (Wildman–Crippen LogP) is 4.05. The standard InChI is InChI=1S/C26H30N4O2/c1-4-21-6-8-22(9-7-21)24-11-12-25(28-27-24)29-13-15-30(16-14-29)26(31)18-32-23-10-5-19(2)20(3)17-23/h5-12,17H,4,13-16,18H2,1-3H3. The Morgan fingerprint density at radius 2 is 1.66 bits per heavy atom. The van der Waals surface area contributed by atoms with Gasteiger partial charge >= 0.3 is 0 Å². The summed E-state index contributed by atoms with van der Waals surface area (Å²) in [6, 6.07) is 18.4. The molecule has 1 fully saturated rings. The van der Waals surface area contributed by atoms with E-state index >= 15 is 0 Å². The third-order valence-corrected chi connectivity index (χ3v) is 6.11. The van der Waals surface area contributed by atoms with Gasteiger partial charge in [0, 0.05) is 31.7 Å². The molecule has 0 radical (unpaired) electrons. The van der Waals surface area contributed by atoms with Gasteiger partial charge in [-0.25, -0.2) is 0 Å². The van der Waals surface area contributed by atoms with Gasteiger partial charge in [0.1, 0.15) is 5.75 Å². The second-order valence-corrected chi connectivity index (χ2v) is 8.23. The van der Waals surface area contributed by atoms with Crippen molar-refractivity contribution < 1.29 is 9.53 Å². The van der Waals surface area contributed by atoms with Crippen LogP contribution in [0.2, 0.25) is 0 Å². The zero-order valence-electron chi connectivity index (χ0n) is 19.0. The number of piperazine rings is 1. The number of amides is 1. The van der Waals surface area contributed by atoms with E-state index in [9.17, 15) is 4.79 Å². The fourth-order valence-corrected chi connectivity index (χ4v) is 3.78. The van der Waals surface area contributed by atoms with E-state index in [0.717, 1.165) is 47.9 Å². The van der Waals surface area contributed by atoms with Crippen LogP contribution in [0.3, 0.4) is 0 Å². The normalized spacial score (nSPS) is 13.8. The first-order chi connectivity index (χ1) is 15.5. The summed E-state index contributed by atoms with van der Waals surface area (Å²) >= 11 is 0. The number of hydrogen-bond acceptors (Lipinski definition) is 5. The van der Waals surface area contributed by atoms with Crippen LogP contribution in [-0.4, -0.2) is 53.8 Å². The first-order valence-electron chi connectivity index (χ1n) is 11.2. The van der Waals surface area contributed by atoms with Crippen molar-refractivity contribution in [1.29, 1.82) is 0 Å². The van der Waals surface area contributed by atoms with E-state index in [1.807, 2.05) is 42.2 Å². The molecule has 2 aromatic carbocycles. The maximum Gasteiger partial charge on any atom is 0.260 e. The highest BCUT2D eigenvalue weighted by Gasteiger charge is 2.22. The van der Waals surface area contributed by atoms with Gasteiger partial charge in [0.15, 0.2) is 12.4 Å². The van der Waals surface area contributed by atoms with Crippen molar-refractivity contribution in [3.8, 4) is 17.0 Å². The van der Waals surface area contributed by atoms with E-state index in [-0.39, 0.29) is 12.5 Å². The van der Waals surface area contributed by atoms with Gasteiger partial charge in [-0.3, -0.25) is 4.79 Å². The van der Waals surface area contributed by atoms with E-state index in [2.05, 4.69) is 53.2 Å². The maximum atomic E-state index is 12.6. The molecule has 32 heavy (non-hydrogen) atoms. The molecular formula is C26H30N4O2. The van der Waals surface area contributed by atoms with Crippen LogP contribution in [-0.2, 0) is 11.2 Å².